The van der Waals surface area contributed by atoms with Crippen molar-refractivity contribution in [1.29, 1.82) is 0 Å². The van der Waals surface area contributed by atoms with E-state index >= 15 is 0 Å². The van der Waals surface area contributed by atoms with Crippen LogP contribution in [0.25, 0.3) is 11.4 Å². The van der Waals surface area contributed by atoms with Gasteiger partial charge in [-0.2, -0.15) is 0 Å². The number of tetrazole rings is 1. The maximum Gasteiger partial charge on any atom is 0.322 e. The quantitative estimate of drug-likeness (QED) is 0.857. The van der Waals surface area contributed by atoms with Crippen molar-refractivity contribution in [1.82, 2.24) is 25.1 Å². The Kier molecular flexibility index (Phi) is 5.08. The van der Waals surface area contributed by atoms with Crippen molar-refractivity contribution in [3.8, 4) is 11.4 Å². The third-order valence-electron chi connectivity index (χ3n) is 6.20. The average molecular weight is 383 g/mol. The fourth-order valence-corrected chi connectivity index (χ4v) is 4.34. The lowest BCUT2D eigenvalue weighted by molar-refractivity contribution is 0.138. The molecule has 1 saturated carbocycles. The van der Waals surface area contributed by atoms with Crippen molar-refractivity contribution in [3.05, 3.63) is 23.8 Å². The number of aryl methyl sites for hydroxylation is 1. The van der Waals surface area contributed by atoms with Crippen LogP contribution in [0.5, 0.6) is 0 Å². The molecule has 2 aliphatic rings. The first-order chi connectivity index (χ1) is 13.5. The smallest absolute Gasteiger partial charge is 0.321 e. The normalized spacial score (nSPS) is 24.5. The monoisotopic (exact) mass is 382 g/mol. The molecule has 4 rings (SSSR count). The van der Waals surface area contributed by atoms with Gasteiger partial charge < -0.3 is 10.2 Å². The Hall–Kier alpha value is -2.44. The largest absolute Gasteiger partial charge is 0.322 e. The number of amides is 2. The maximum absolute atomic E-state index is 13.2. The number of carbonyl (C=O) groups is 1. The van der Waals surface area contributed by atoms with Crippen LogP contribution in [0.15, 0.2) is 18.2 Å². The molecule has 0 unspecified atom stereocenters. The number of nitrogens with zero attached hydrogens (tertiary/aromatic N) is 5. The Morgan fingerprint density at radius 1 is 1.29 bits per heavy atom. The summed E-state index contributed by atoms with van der Waals surface area (Å²) in [7, 11) is 0. The molecule has 7 nitrogen and oxygen atoms in total. The lowest BCUT2D eigenvalue weighted by atomic mass is 9.93. The van der Waals surface area contributed by atoms with Gasteiger partial charge in [0.1, 0.15) is 0 Å². The molecule has 1 aromatic carbocycles. The molecule has 0 bridgehead atoms. The van der Waals surface area contributed by atoms with Crippen LogP contribution in [0.2, 0.25) is 0 Å². The van der Waals surface area contributed by atoms with Crippen LogP contribution in [0, 0.1) is 18.8 Å². The Morgan fingerprint density at radius 3 is 2.79 bits per heavy atom. The van der Waals surface area contributed by atoms with Crippen molar-refractivity contribution >= 4 is 11.7 Å². The van der Waals surface area contributed by atoms with Gasteiger partial charge >= 0.3 is 6.03 Å². The molecule has 1 aliphatic heterocycles. The number of urea groups is 1. The van der Waals surface area contributed by atoms with E-state index in [1.165, 1.54) is 6.42 Å². The van der Waals surface area contributed by atoms with E-state index in [2.05, 4.69) is 41.6 Å². The highest BCUT2D eigenvalue weighted by molar-refractivity contribution is 5.95. The predicted molar refractivity (Wildman–Crippen MR) is 109 cm³/mol. The first kappa shape index (κ1) is 18.9. The summed E-state index contributed by atoms with van der Waals surface area (Å²) in [6.45, 7) is 9.43. The molecule has 0 radical (unpaired) electrons. The molecule has 2 fully saturated rings. The number of aromatic nitrogens is 4. The number of piperidine rings is 1. The number of hydrogen-bond acceptors (Lipinski definition) is 4. The van der Waals surface area contributed by atoms with E-state index < -0.39 is 0 Å². The first-order valence-electron chi connectivity index (χ1n) is 10.4. The number of carbonyl (C=O) groups excluding carboxylic acids is 1. The molecule has 1 aromatic heterocycles. The third-order valence-corrected chi connectivity index (χ3v) is 6.20. The van der Waals surface area contributed by atoms with Crippen LogP contribution < -0.4 is 5.32 Å². The average Bonchev–Trinajstić information content (AvgIpc) is 3.21. The molecule has 150 valence electrons. The van der Waals surface area contributed by atoms with Crippen molar-refractivity contribution < 1.29 is 4.79 Å². The number of para-hydroxylation sites is 1. The fourth-order valence-electron chi connectivity index (χ4n) is 4.34. The van der Waals surface area contributed by atoms with E-state index in [9.17, 15) is 4.79 Å². The number of benzene rings is 1. The lowest BCUT2D eigenvalue weighted by Gasteiger charge is -2.38. The minimum Gasteiger partial charge on any atom is -0.321 e. The summed E-state index contributed by atoms with van der Waals surface area (Å²) in [6, 6.07) is 6.62. The molecule has 1 N–H and O–H groups in total. The van der Waals surface area contributed by atoms with Crippen LogP contribution in [-0.2, 0) is 0 Å². The molecule has 1 saturated heterocycles. The second-order valence-electron chi connectivity index (χ2n) is 8.66. The van der Waals surface area contributed by atoms with Gasteiger partial charge in [-0.1, -0.05) is 32.9 Å². The molecule has 1 aliphatic carbocycles. The van der Waals surface area contributed by atoms with Gasteiger partial charge in [-0.25, -0.2) is 9.48 Å². The van der Waals surface area contributed by atoms with E-state index in [1.54, 1.807) is 0 Å². The predicted octanol–water partition coefficient (Wildman–Crippen LogP) is 4.27. The zero-order valence-corrected chi connectivity index (χ0v) is 17.2. The Labute approximate surface area is 166 Å². The van der Waals surface area contributed by atoms with Gasteiger partial charge in [0.15, 0.2) is 5.82 Å². The molecule has 3 atom stereocenters. The number of rotatable bonds is 4. The molecule has 2 heterocycles. The second-order valence-corrected chi connectivity index (χ2v) is 8.66. The van der Waals surface area contributed by atoms with Gasteiger partial charge in [0.25, 0.3) is 0 Å². The maximum atomic E-state index is 13.2. The number of likely N-dealkylation sites (tertiary alicyclic amines) is 1. The second kappa shape index (κ2) is 7.53. The summed E-state index contributed by atoms with van der Waals surface area (Å²) in [6.07, 6.45) is 4.42. The summed E-state index contributed by atoms with van der Waals surface area (Å²) in [5, 5.41) is 15.6. The van der Waals surface area contributed by atoms with Gasteiger partial charge in [-0.05, 0) is 66.5 Å². The molecule has 7 heteroatoms. The van der Waals surface area contributed by atoms with Crippen molar-refractivity contribution in [2.75, 3.05) is 11.9 Å². The summed E-state index contributed by atoms with van der Waals surface area (Å²) in [5.74, 6) is 1.77. The number of hydrogen-bond donors (Lipinski definition) is 1. The summed E-state index contributed by atoms with van der Waals surface area (Å²) in [5.41, 5.74) is 2.71. The topological polar surface area (TPSA) is 75.9 Å². The van der Waals surface area contributed by atoms with E-state index in [1.807, 2.05) is 34.7 Å². The van der Waals surface area contributed by atoms with Gasteiger partial charge in [-0.3, -0.25) is 0 Å². The van der Waals surface area contributed by atoms with Gasteiger partial charge in [0, 0.05) is 18.2 Å². The highest BCUT2D eigenvalue weighted by atomic mass is 16.2. The van der Waals surface area contributed by atoms with E-state index in [-0.39, 0.29) is 6.03 Å². The van der Waals surface area contributed by atoms with Crippen LogP contribution >= 0.6 is 0 Å². The minimum absolute atomic E-state index is 0.0206. The van der Waals surface area contributed by atoms with Crippen LogP contribution in [0.1, 0.15) is 58.1 Å². The molecular formula is C21H30N6O. The standard InChI is InChI=1S/C21H30N6O/c1-13(2)17-10-5-6-11-26(17)21(28)22-19-14(3)8-7-9-16(19)20-23-24-25-27(20)18-12-15(18)4/h7-9,13,15,17-18H,5-6,10-12H2,1-4H3,(H,22,28)/t15-,17+,18-/m1/s1. The summed E-state index contributed by atoms with van der Waals surface area (Å²) in [4.78, 5) is 15.2. The van der Waals surface area contributed by atoms with Crippen LogP contribution in [0.4, 0.5) is 10.5 Å². The van der Waals surface area contributed by atoms with Gasteiger partial charge in [0.2, 0.25) is 0 Å². The Morgan fingerprint density at radius 2 is 2.07 bits per heavy atom. The highest BCUT2D eigenvalue weighted by Gasteiger charge is 2.38. The third kappa shape index (κ3) is 3.50. The number of anilines is 1. The lowest BCUT2D eigenvalue weighted by Crippen LogP contribution is -2.48. The SMILES string of the molecule is Cc1cccc(-c2nnnn2[C@@H]2C[C@H]2C)c1NC(=O)N1CCCC[C@H]1C(C)C. The van der Waals surface area contributed by atoms with E-state index in [0.29, 0.717) is 23.9 Å². The van der Waals surface area contributed by atoms with Crippen LogP contribution in [-0.4, -0.2) is 43.7 Å². The van der Waals surface area contributed by atoms with E-state index in [0.717, 1.165) is 48.4 Å². The highest BCUT2D eigenvalue weighted by Crippen LogP contribution is 2.44. The van der Waals surface area contributed by atoms with Gasteiger partial charge in [-0.15, -0.1) is 5.10 Å². The zero-order valence-electron chi connectivity index (χ0n) is 17.2. The molecular weight excluding hydrogens is 352 g/mol. The van der Waals surface area contributed by atoms with Crippen molar-refractivity contribution in [2.24, 2.45) is 11.8 Å². The van der Waals surface area contributed by atoms with Crippen molar-refractivity contribution in [2.45, 2.75) is 65.5 Å². The zero-order chi connectivity index (χ0) is 19.8. The molecule has 2 amide bonds. The Balaban J connectivity index is 1.64. The minimum atomic E-state index is -0.0206. The molecule has 28 heavy (non-hydrogen) atoms. The Bertz CT molecular complexity index is 860. The van der Waals surface area contributed by atoms with Crippen molar-refractivity contribution in [3.63, 3.8) is 0 Å². The fraction of sp³-hybridized carbons (Fsp3) is 0.619. The van der Waals surface area contributed by atoms with Crippen LogP contribution in [0.3, 0.4) is 0 Å². The summed E-state index contributed by atoms with van der Waals surface area (Å²) >= 11 is 0. The number of nitrogens with one attached hydrogen (secondary N) is 1. The summed E-state index contributed by atoms with van der Waals surface area (Å²) < 4.78 is 1.91. The van der Waals surface area contributed by atoms with E-state index in [4.69, 9.17) is 0 Å². The first-order valence-corrected chi connectivity index (χ1v) is 10.4. The molecule has 2 aromatic rings. The van der Waals surface area contributed by atoms with Gasteiger partial charge in [0.05, 0.1) is 11.7 Å². The molecule has 0 spiro atoms.